The molecule has 1 N–H and O–H groups in total. The van der Waals surface area contributed by atoms with Crippen LogP contribution in [0.2, 0.25) is 0 Å². The Labute approximate surface area is 111 Å². The van der Waals surface area contributed by atoms with Crippen LogP contribution in [0.3, 0.4) is 0 Å². The third-order valence-corrected chi connectivity index (χ3v) is 3.06. The smallest absolute Gasteiger partial charge is 0.335 e. The predicted molar refractivity (Wildman–Crippen MR) is 73.3 cm³/mol. The summed E-state index contributed by atoms with van der Waals surface area (Å²) in [5, 5.41) is 8.99. The van der Waals surface area contributed by atoms with Crippen molar-refractivity contribution in [2.45, 2.75) is 12.8 Å². The number of rotatable bonds is 4. The first-order valence-corrected chi connectivity index (χ1v) is 6.01. The van der Waals surface area contributed by atoms with Crippen LogP contribution in [0.25, 0.3) is 11.1 Å². The second kappa shape index (κ2) is 5.48. The lowest BCUT2D eigenvalue weighted by Crippen LogP contribution is -1.97. The van der Waals surface area contributed by atoms with Gasteiger partial charge in [-0.2, -0.15) is 0 Å². The molecule has 0 aromatic heterocycles. The molecule has 0 aliphatic carbocycles. The van der Waals surface area contributed by atoms with Crippen LogP contribution in [0.4, 0.5) is 0 Å². The molecule has 2 rings (SSSR count). The second-order valence-corrected chi connectivity index (χ2v) is 4.44. The van der Waals surface area contributed by atoms with E-state index < -0.39 is 5.97 Å². The summed E-state index contributed by atoms with van der Waals surface area (Å²) < 4.78 is 0. The lowest BCUT2D eigenvalue weighted by Gasteiger charge is -2.08. The summed E-state index contributed by atoms with van der Waals surface area (Å²) >= 11 is 0. The molecule has 0 aliphatic rings. The molecule has 0 aliphatic heterocycles. The van der Waals surface area contributed by atoms with Crippen LogP contribution in [0, 0.1) is 0 Å². The number of hydrogen-bond donors (Lipinski definition) is 1. The Morgan fingerprint density at radius 1 is 1.11 bits per heavy atom. The van der Waals surface area contributed by atoms with Gasteiger partial charge in [-0.3, -0.25) is 0 Å². The normalized spacial score (nSPS) is 11.8. The molecule has 0 saturated carbocycles. The Morgan fingerprint density at radius 2 is 1.74 bits per heavy atom. The van der Waals surface area contributed by atoms with E-state index in [1.807, 2.05) is 37.3 Å². The van der Waals surface area contributed by atoms with Gasteiger partial charge in [0.05, 0.1) is 5.56 Å². The van der Waals surface area contributed by atoms with E-state index in [-0.39, 0.29) is 11.5 Å². The monoisotopic (exact) mass is 254 g/mol. The van der Waals surface area contributed by atoms with Gasteiger partial charge in [0, 0.05) is 5.92 Å². The maximum atomic E-state index is 11.0. The van der Waals surface area contributed by atoms with Gasteiger partial charge >= 0.3 is 5.97 Å². The highest BCUT2D eigenvalue weighted by atomic mass is 16.4. The van der Waals surface area contributed by atoms with E-state index in [9.17, 15) is 9.59 Å². The van der Waals surface area contributed by atoms with E-state index in [1.54, 1.807) is 18.2 Å². The van der Waals surface area contributed by atoms with Gasteiger partial charge in [0.1, 0.15) is 6.29 Å². The molecule has 2 aromatic rings. The van der Waals surface area contributed by atoms with Gasteiger partial charge in [-0.05, 0) is 28.8 Å². The second-order valence-electron chi connectivity index (χ2n) is 4.44. The van der Waals surface area contributed by atoms with Crippen LogP contribution in [-0.4, -0.2) is 17.4 Å². The van der Waals surface area contributed by atoms with E-state index in [0.29, 0.717) is 0 Å². The molecule has 0 saturated heterocycles. The van der Waals surface area contributed by atoms with Crippen molar-refractivity contribution < 1.29 is 14.7 Å². The third-order valence-electron chi connectivity index (χ3n) is 3.06. The molecule has 19 heavy (non-hydrogen) atoms. The lowest BCUT2D eigenvalue weighted by molar-refractivity contribution is -0.108. The van der Waals surface area contributed by atoms with E-state index in [0.717, 1.165) is 23.0 Å². The summed E-state index contributed by atoms with van der Waals surface area (Å²) in [6, 6.07) is 14.4. The minimum absolute atomic E-state index is 0.164. The van der Waals surface area contributed by atoms with Crippen molar-refractivity contribution in [2.75, 3.05) is 0 Å². The number of hydrogen-bond acceptors (Lipinski definition) is 2. The molecule has 3 heteroatoms. The summed E-state index contributed by atoms with van der Waals surface area (Å²) in [6.45, 7) is 1.83. The fraction of sp³-hybridized carbons (Fsp3) is 0.125. The molecule has 0 fully saturated rings. The molecule has 0 bridgehead atoms. The fourth-order valence-electron chi connectivity index (χ4n) is 1.91. The summed E-state index contributed by atoms with van der Waals surface area (Å²) in [5.74, 6) is -1.11. The van der Waals surface area contributed by atoms with Gasteiger partial charge < -0.3 is 9.90 Å². The van der Waals surface area contributed by atoms with Gasteiger partial charge in [-0.25, -0.2) is 4.79 Å². The van der Waals surface area contributed by atoms with Gasteiger partial charge in [0.15, 0.2) is 0 Å². The third kappa shape index (κ3) is 2.88. The van der Waals surface area contributed by atoms with Crippen LogP contribution < -0.4 is 0 Å². The first-order valence-electron chi connectivity index (χ1n) is 6.01. The zero-order valence-electron chi connectivity index (χ0n) is 10.5. The standard InChI is InChI=1S/C16H14O3/c1-11(10-17)12-4-2-5-13(8-12)14-6-3-7-15(9-14)16(18)19/h2-11H,1H3,(H,18,19). The molecule has 0 spiro atoms. The Kier molecular flexibility index (Phi) is 3.76. The number of carboxylic acid groups (broad SMARTS) is 1. The number of carbonyl (C=O) groups is 2. The molecule has 0 radical (unpaired) electrons. The van der Waals surface area contributed by atoms with Gasteiger partial charge in [0.25, 0.3) is 0 Å². The van der Waals surface area contributed by atoms with Gasteiger partial charge in [-0.15, -0.1) is 0 Å². The van der Waals surface area contributed by atoms with Gasteiger partial charge in [-0.1, -0.05) is 43.3 Å². The van der Waals surface area contributed by atoms with Crippen LogP contribution in [0.15, 0.2) is 48.5 Å². The highest BCUT2D eigenvalue weighted by Gasteiger charge is 2.07. The Hall–Kier alpha value is -2.42. The zero-order chi connectivity index (χ0) is 13.8. The summed E-state index contributed by atoms with van der Waals surface area (Å²) in [5.41, 5.74) is 2.92. The molecule has 0 heterocycles. The molecule has 2 aromatic carbocycles. The van der Waals surface area contributed by atoms with E-state index in [2.05, 4.69) is 0 Å². The molecule has 0 amide bonds. The molecule has 1 unspecified atom stereocenters. The average Bonchev–Trinajstić information content (AvgIpc) is 2.46. The lowest BCUT2D eigenvalue weighted by atomic mass is 9.96. The molecular formula is C16H14O3. The minimum atomic E-state index is -0.945. The SMILES string of the molecule is CC(C=O)c1cccc(-c2cccc(C(=O)O)c2)c1. The Bertz CT molecular complexity index is 617. The minimum Gasteiger partial charge on any atom is -0.478 e. The van der Waals surface area contributed by atoms with Crippen LogP contribution >= 0.6 is 0 Å². The van der Waals surface area contributed by atoms with Crippen molar-refractivity contribution in [1.29, 1.82) is 0 Å². The van der Waals surface area contributed by atoms with Crippen molar-refractivity contribution in [3.05, 3.63) is 59.7 Å². The number of carboxylic acids is 1. The number of aromatic carboxylic acids is 1. The van der Waals surface area contributed by atoms with E-state index in [4.69, 9.17) is 5.11 Å². The summed E-state index contributed by atoms with van der Waals surface area (Å²) in [4.78, 5) is 21.8. The van der Waals surface area contributed by atoms with Gasteiger partial charge in [0.2, 0.25) is 0 Å². The van der Waals surface area contributed by atoms with Crippen molar-refractivity contribution in [1.82, 2.24) is 0 Å². The maximum Gasteiger partial charge on any atom is 0.335 e. The van der Waals surface area contributed by atoms with Crippen molar-refractivity contribution in [3.8, 4) is 11.1 Å². The zero-order valence-corrected chi connectivity index (χ0v) is 10.5. The largest absolute Gasteiger partial charge is 0.478 e. The van der Waals surface area contributed by atoms with Crippen molar-refractivity contribution >= 4 is 12.3 Å². The first-order chi connectivity index (χ1) is 9.11. The van der Waals surface area contributed by atoms with Crippen molar-refractivity contribution in [3.63, 3.8) is 0 Å². The number of carbonyl (C=O) groups excluding carboxylic acids is 1. The molecule has 3 nitrogen and oxygen atoms in total. The topological polar surface area (TPSA) is 54.4 Å². The maximum absolute atomic E-state index is 11.0. The molecular weight excluding hydrogens is 240 g/mol. The predicted octanol–water partition coefficient (Wildman–Crippen LogP) is 3.35. The molecule has 1 atom stereocenters. The Morgan fingerprint density at radius 3 is 2.37 bits per heavy atom. The number of benzene rings is 2. The quantitative estimate of drug-likeness (QED) is 0.851. The molecule has 96 valence electrons. The Balaban J connectivity index is 2.44. The first kappa shape index (κ1) is 13.0. The van der Waals surface area contributed by atoms with Crippen LogP contribution in [0.5, 0.6) is 0 Å². The van der Waals surface area contributed by atoms with Crippen LogP contribution in [0.1, 0.15) is 28.8 Å². The van der Waals surface area contributed by atoms with E-state index >= 15 is 0 Å². The summed E-state index contributed by atoms with van der Waals surface area (Å²) in [6.07, 6.45) is 0.896. The van der Waals surface area contributed by atoms with Crippen molar-refractivity contribution in [2.24, 2.45) is 0 Å². The highest BCUT2D eigenvalue weighted by Crippen LogP contribution is 2.24. The number of aldehydes is 1. The summed E-state index contributed by atoms with van der Waals surface area (Å²) in [7, 11) is 0. The van der Waals surface area contributed by atoms with Crippen LogP contribution in [-0.2, 0) is 4.79 Å². The fourth-order valence-corrected chi connectivity index (χ4v) is 1.91. The average molecular weight is 254 g/mol. The highest BCUT2D eigenvalue weighted by molar-refractivity contribution is 5.89. The van der Waals surface area contributed by atoms with E-state index in [1.165, 1.54) is 0 Å².